The van der Waals surface area contributed by atoms with Gasteiger partial charge in [-0.15, -0.1) is 11.3 Å². The zero-order valence-corrected chi connectivity index (χ0v) is 32.0. The number of rotatable bonds is 7. The van der Waals surface area contributed by atoms with Gasteiger partial charge in [0, 0.05) is 35.2 Å². The maximum absolute atomic E-state index is 14.5. The predicted octanol–water partition coefficient (Wildman–Crippen LogP) is 6.21. The first-order chi connectivity index (χ1) is 25.2. The maximum atomic E-state index is 14.5. The third-order valence-corrected chi connectivity index (χ3v) is 10.8. The van der Waals surface area contributed by atoms with Gasteiger partial charge in [0.2, 0.25) is 11.8 Å². The summed E-state index contributed by atoms with van der Waals surface area (Å²) in [5.74, 6) is -1.16. The van der Waals surface area contributed by atoms with E-state index in [0.29, 0.717) is 40.9 Å². The van der Waals surface area contributed by atoms with Crippen LogP contribution in [0.5, 0.6) is 11.5 Å². The van der Waals surface area contributed by atoms with Gasteiger partial charge in [-0.2, -0.15) is 0 Å². The summed E-state index contributed by atoms with van der Waals surface area (Å²) in [5.41, 5.74) is -0.0552. The molecule has 1 saturated carbocycles. The van der Waals surface area contributed by atoms with Gasteiger partial charge in [0.15, 0.2) is 0 Å². The number of carboxylic acids is 1. The molecule has 2 aromatic heterocycles. The van der Waals surface area contributed by atoms with Gasteiger partial charge >= 0.3 is 12.1 Å². The van der Waals surface area contributed by atoms with Gasteiger partial charge in [-0.3, -0.25) is 9.59 Å². The normalized spacial score (nSPS) is 25.8. The second-order valence-corrected chi connectivity index (χ2v) is 16.3. The van der Waals surface area contributed by atoms with Crippen LogP contribution in [-0.4, -0.2) is 86.8 Å². The lowest BCUT2D eigenvalue weighted by Gasteiger charge is -2.30. The number of methoxy groups -OCH3 is 1. The summed E-state index contributed by atoms with van der Waals surface area (Å²) in [6.07, 6.45) is 6.17. The zero-order valence-electron chi connectivity index (χ0n) is 31.1. The summed E-state index contributed by atoms with van der Waals surface area (Å²) in [6.45, 7) is 9.41. The third kappa shape index (κ3) is 8.58. The van der Waals surface area contributed by atoms with Crippen LogP contribution in [0.15, 0.2) is 41.8 Å². The van der Waals surface area contributed by atoms with Crippen molar-refractivity contribution in [3.8, 4) is 22.2 Å². The fraction of sp³-hybridized carbons (Fsp3) is 0.538. The van der Waals surface area contributed by atoms with Gasteiger partial charge in [-0.05, 0) is 64.5 Å². The molecule has 3 aliphatic rings. The number of carbonyl (C=O) groups is 4. The Labute approximate surface area is 313 Å². The van der Waals surface area contributed by atoms with Crippen LogP contribution in [-0.2, 0) is 19.1 Å². The van der Waals surface area contributed by atoms with Crippen molar-refractivity contribution in [1.82, 2.24) is 25.5 Å². The molecule has 0 bridgehead atoms. The topological polar surface area (TPSA) is 169 Å². The largest absolute Gasteiger partial charge is 0.497 e. The fourth-order valence-corrected chi connectivity index (χ4v) is 7.90. The number of benzene rings is 1. The molecule has 0 radical (unpaired) electrons. The summed E-state index contributed by atoms with van der Waals surface area (Å²) in [7, 11) is 1.58. The molecule has 2 aliphatic heterocycles. The van der Waals surface area contributed by atoms with Crippen LogP contribution < -0.4 is 20.1 Å². The van der Waals surface area contributed by atoms with Crippen LogP contribution in [0.25, 0.3) is 21.6 Å². The molecule has 1 aromatic carbocycles. The van der Waals surface area contributed by atoms with Crippen LogP contribution in [0.2, 0.25) is 0 Å². The molecule has 3 aromatic rings. The van der Waals surface area contributed by atoms with Crippen LogP contribution in [0, 0.1) is 5.92 Å². The number of pyridine rings is 1. The summed E-state index contributed by atoms with van der Waals surface area (Å²) in [6, 6.07) is 5.28. The van der Waals surface area contributed by atoms with Crippen molar-refractivity contribution >= 4 is 46.1 Å². The minimum absolute atomic E-state index is 0.0247. The van der Waals surface area contributed by atoms with Crippen LogP contribution in [0.3, 0.4) is 0 Å². The lowest BCUT2D eigenvalue weighted by molar-refractivity contribution is -0.145. The van der Waals surface area contributed by atoms with Crippen molar-refractivity contribution in [2.45, 2.75) is 115 Å². The molecule has 13 nitrogen and oxygen atoms in total. The molecular weight excluding hydrogens is 699 g/mol. The Morgan fingerprint density at radius 2 is 1.92 bits per heavy atom. The van der Waals surface area contributed by atoms with E-state index in [4.69, 9.17) is 24.2 Å². The Morgan fingerprint density at radius 1 is 1.13 bits per heavy atom. The van der Waals surface area contributed by atoms with Crippen molar-refractivity contribution in [2.75, 3.05) is 13.7 Å². The molecule has 1 unspecified atom stereocenters. The standard InChI is InChI=1S/C39H49N5O8S/c1-22(2)30-21-53-34(41-30)29-18-32(26-15-14-24(50-6)16-28(26)40-29)51-25-17-31-33(45)43-39(36(47)48)19-23(39)12-10-8-7-9-11-13-27(35(46)44(31)20-25)42-37(49)52-38(3,4)5/h10,12,14-16,18,21-23,25,27,31H,7-9,11,13,17,19-20H2,1-6H3,(H,42,49)(H,43,45)(H,47,48)/b12-10-/t23?,25-,27+,31+,39-/m1/s1. The number of hydrogen-bond acceptors (Lipinski definition) is 10. The third-order valence-electron chi connectivity index (χ3n) is 9.92. The molecule has 284 valence electrons. The number of fused-ring (bicyclic) bond motifs is 3. The molecule has 5 atom stereocenters. The highest BCUT2D eigenvalue weighted by molar-refractivity contribution is 7.13. The fourth-order valence-electron chi connectivity index (χ4n) is 6.96. The van der Waals surface area contributed by atoms with Crippen molar-refractivity contribution in [3.63, 3.8) is 0 Å². The number of thiazole rings is 1. The van der Waals surface area contributed by atoms with Crippen LogP contribution >= 0.6 is 11.3 Å². The number of carbonyl (C=O) groups excluding carboxylic acids is 3. The first kappa shape index (κ1) is 38.0. The number of alkyl carbamates (subject to hydrolysis) is 1. The summed E-state index contributed by atoms with van der Waals surface area (Å²) < 4.78 is 17.7. The molecule has 2 fully saturated rings. The number of carboxylic acid groups (broad SMARTS) is 1. The van der Waals surface area contributed by atoms with E-state index in [0.717, 1.165) is 30.0 Å². The van der Waals surface area contributed by atoms with E-state index in [9.17, 15) is 24.3 Å². The average Bonchev–Trinajstić information content (AvgIpc) is 3.40. The second-order valence-electron chi connectivity index (χ2n) is 15.4. The second kappa shape index (κ2) is 15.3. The van der Waals surface area contributed by atoms with E-state index in [1.54, 1.807) is 27.9 Å². The first-order valence-corrected chi connectivity index (χ1v) is 19.2. The van der Waals surface area contributed by atoms with Crippen molar-refractivity contribution in [3.05, 3.63) is 47.5 Å². The molecule has 14 heteroatoms. The zero-order chi connectivity index (χ0) is 38.1. The summed E-state index contributed by atoms with van der Waals surface area (Å²) in [4.78, 5) is 65.2. The lowest BCUT2D eigenvalue weighted by atomic mass is 10.0. The molecular formula is C39H49N5O8S. The van der Waals surface area contributed by atoms with Crippen LogP contribution in [0.1, 0.15) is 91.2 Å². The van der Waals surface area contributed by atoms with Crippen molar-refractivity contribution in [1.29, 1.82) is 0 Å². The number of allylic oxidation sites excluding steroid dienone is 1. The van der Waals surface area contributed by atoms with Crippen molar-refractivity contribution in [2.24, 2.45) is 5.92 Å². The molecule has 0 spiro atoms. The van der Waals surface area contributed by atoms with E-state index in [1.807, 2.05) is 41.8 Å². The van der Waals surface area contributed by atoms with Gasteiger partial charge in [-0.25, -0.2) is 19.6 Å². The molecule has 4 heterocycles. The number of hydrogen-bond donors (Lipinski definition) is 3. The van der Waals surface area contributed by atoms with Crippen molar-refractivity contribution < 1.29 is 38.5 Å². The molecule has 3 N–H and O–H groups in total. The number of nitrogens with zero attached hydrogens (tertiary/aromatic N) is 3. The van der Waals surface area contributed by atoms with Gasteiger partial charge in [0.25, 0.3) is 0 Å². The van der Waals surface area contributed by atoms with E-state index >= 15 is 0 Å². The summed E-state index contributed by atoms with van der Waals surface area (Å²) >= 11 is 1.48. The Balaban J connectivity index is 1.35. The van der Waals surface area contributed by atoms with Gasteiger partial charge in [-0.1, -0.05) is 38.8 Å². The number of ether oxygens (including phenoxy) is 3. The van der Waals surface area contributed by atoms with E-state index in [2.05, 4.69) is 24.5 Å². The predicted molar refractivity (Wildman–Crippen MR) is 200 cm³/mol. The Kier molecular flexibility index (Phi) is 11.0. The molecule has 53 heavy (non-hydrogen) atoms. The van der Waals surface area contributed by atoms with Gasteiger partial charge < -0.3 is 34.9 Å². The minimum Gasteiger partial charge on any atom is -0.497 e. The number of nitrogens with one attached hydrogen (secondary N) is 2. The number of aliphatic carboxylic acids is 1. The smallest absolute Gasteiger partial charge is 0.408 e. The molecule has 1 aliphatic carbocycles. The lowest BCUT2D eigenvalue weighted by Crippen LogP contribution is -2.56. The molecule has 1 saturated heterocycles. The molecule has 3 amide bonds. The molecule has 6 rings (SSSR count). The average molecular weight is 748 g/mol. The Hall–Kier alpha value is -4.72. The summed E-state index contributed by atoms with van der Waals surface area (Å²) in [5, 5.41) is 19.2. The minimum atomic E-state index is -1.45. The Morgan fingerprint density at radius 3 is 2.62 bits per heavy atom. The van der Waals surface area contributed by atoms with Gasteiger partial charge in [0.05, 0.1) is 24.9 Å². The maximum Gasteiger partial charge on any atom is 0.408 e. The van der Waals surface area contributed by atoms with E-state index < -0.39 is 53.2 Å². The monoisotopic (exact) mass is 747 g/mol. The number of amides is 3. The van der Waals surface area contributed by atoms with Gasteiger partial charge in [0.1, 0.15) is 51.5 Å². The number of aromatic nitrogens is 2. The quantitative estimate of drug-likeness (QED) is 0.236. The first-order valence-electron chi connectivity index (χ1n) is 18.3. The highest BCUT2D eigenvalue weighted by Crippen LogP contribution is 2.45. The van der Waals surface area contributed by atoms with Crippen LogP contribution in [0.4, 0.5) is 4.79 Å². The van der Waals surface area contributed by atoms with E-state index in [-0.39, 0.29) is 31.2 Å². The highest BCUT2D eigenvalue weighted by atomic mass is 32.1. The Bertz CT molecular complexity index is 1900. The van der Waals surface area contributed by atoms with E-state index in [1.165, 1.54) is 16.2 Å². The highest BCUT2D eigenvalue weighted by Gasteiger charge is 2.61. The SMILES string of the molecule is COc1ccc2c(O[C@@H]3C[C@H]4C(=O)N[C@]5(C(=O)O)CC5/C=C\CCCCC[C@H](NC(=O)OC(C)(C)C)C(=O)N4C3)cc(-c3nc(C(C)C)cs3)nc2c1.